The number of carbonyl (C=O) groups is 1. The third kappa shape index (κ3) is 3.27. The molecule has 3 heterocycles. The lowest BCUT2D eigenvalue weighted by molar-refractivity contribution is 0.0998. The number of carbonyl (C=O) groups excluding carboxylic acids is 1. The number of hydrogen-bond donors (Lipinski definition) is 1. The first-order valence-electron chi connectivity index (χ1n) is 8.18. The van der Waals surface area contributed by atoms with Gasteiger partial charge in [0.1, 0.15) is 22.4 Å². The highest BCUT2D eigenvalue weighted by atomic mass is 35.5. The maximum atomic E-state index is 11.9. The normalized spacial score (nSPS) is 12.2. The van der Waals surface area contributed by atoms with Gasteiger partial charge in [0, 0.05) is 22.8 Å². The molecule has 0 fully saturated rings. The van der Waals surface area contributed by atoms with Crippen LogP contribution in [0.25, 0.3) is 16.2 Å². The van der Waals surface area contributed by atoms with Crippen molar-refractivity contribution in [3.63, 3.8) is 0 Å². The molecular formula is C19H15ClN4O2S. The maximum Gasteiger partial charge on any atom is 0.262 e. The highest BCUT2D eigenvalue weighted by molar-refractivity contribution is 7.17. The fraction of sp³-hybridized carbons (Fsp3) is 0.105. The number of fused-ring (bicyclic) bond motifs is 1. The predicted molar refractivity (Wildman–Crippen MR) is 105 cm³/mol. The largest absolute Gasteiger partial charge is 0.484 e. The zero-order valence-electron chi connectivity index (χ0n) is 14.3. The third-order valence-electron chi connectivity index (χ3n) is 4.10. The van der Waals surface area contributed by atoms with Crippen LogP contribution < -0.4 is 10.5 Å². The Bertz CT molecular complexity index is 1140. The Morgan fingerprint density at radius 2 is 2.11 bits per heavy atom. The molecular weight excluding hydrogens is 384 g/mol. The van der Waals surface area contributed by atoms with Crippen molar-refractivity contribution < 1.29 is 9.53 Å². The van der Waals surface area contributed by atoms with E-state index < -0.39 is 5.91 Å². The Balaban J connectivity index is 1.73. The van der Waals surface area contributed by atoms with E-state index in [4.69, 9.17) is 22.1 Å². The molecule has 0 saturated heterocycles. The molecule has 0 aliphatic carbocycles. The first-order chi connectivity index (χ1) is 13.0. The van der Waals surface area contributed by atoms with Crippen LogP contribution >= 0.6 is 22.9 Å². The second kappa shape index (κ2) is 7.02. The van der Waals surface area contributed by atoms with Gasteiger partial charge < -0.3 is 10.5 Å². The monoisotopic (exact) mass is 398 g/mol. The van der Waals surface area contributed by atoms with E-state index in [-0.39, 0.29) is 6.10 Å². The minimum absolute atomic E-state index is 0.342. The van der Waals surface area contributed by atoms with Crippen molar-refractivity contribution >= 4 is 34.5 Å². The molecule has 0 spiro atoms. The molecule has 0 aliphatic rings. The molecule has 136 valence electrons. The number of imidazole rings is 1. The van der Waals surface area contributed by atoms with E-state index in [0.717, 1.165) is 16.1 Å². The summed E-state index contributed by atoms with van der Waals surface area (Å²) in [6.45, 7) is 1.87. The molecule has 4 rings (SSSR count). The Hall–Kier alpha value is -2.90. The van der Waals surface area contributed by atoms with Crippen LogP contribution in [0.15, 0.2) is 54.9 Å². The van der Waals surface area contributed by atoms with Gasteiger partial charge in [-0.3, -0.25) is 4.79 Å². The van der Waals surface area contributed by atoms with Crippen LogP contribution in [0, 0.1) is 0 Å². The molecule has 1 atom stereocenters. The van der Waals surface area contributed by atoms with Gasteiger partial charge in [0.2, 0.25) is 0 Å². The van der Waals surface area contributed by atoms with E-state index in [9.17, 15) is 4.79 Å². The molecule has 0 aliphatic heterocycles. The number of nitrogens with zero attached hydrogens (tertiary/aromatic N) is 3. The average Bonchev–Trinajstić information content (AvgIpc) is 3.26. The molecule has 2 N–H and O–H groups in total. The van der Waals surface area contributed by atoms with Gasteiger partial charge in [-0.1, -0.05) is 29.8 Å². The quantitative estimate of drug-likeness (QED) is 0.541. The van der Waals surface area contributed by atoms with Gasteiger partial charge in [-0.15, -0.1) is 11.3 Å². The highest BCUT2D eigenvalue weighted by Crippen LogP contribution is 2.38. The minimum Gasteiger partial charge on any atom is -0.484 e. The van der Waals surface area contributed by atoms with Crippen molar-refractivity contribution in [2.24, 2.45) is 5.73 Å². The Morgan fingerprint density at radius 3 is 2.89 bits per heavy atom. The van der Waals surface area contributed by atoms with Crippen LogP contribution in [0.2, 0.25) is 5.02 Å². The standard InChI is InChI=1S/C19H15ClN4O2S/c1-11(12-5-2-3-6-13(12)20)26-15-9-16(27-18(15)19(21)25)14-10-22-17-7-4-8-23-24(14)17/h2-11H,1H3,(H2,21,25). The summed E-state index contributed by atoms with van der Waals surface area (Å²) in [6, 6.07) is 12.9. The summed E-state index contributed by atoms with van der Waals surface area (Å²) in [7, 11) is 0. The number of aromatic nitrogens is 3. The number of rotatable bonds is 5. The van der Waals surface area contributed by atoms with Crippen LogP contribution in [0.4, 0.5) is 0 Å². The van der Waals surface area contributed by atoms with Crippen molar-refractivity contribution in [2.75, 3.05) is 0 Å². The van der Waals surface area contributed by atoms with Gasteiger partial charge >= 0.3 is 0 Å². The van der Waals surface area contributed by atoms with E-state index in [2.05, 4.69) is 10.1 Å². The Labute approximate surface area is 164 Å². The molecule has 1 aromatic carbocycles. The number of benzene rings is 1. The lowest BCUT2D eigenvalue weighted by atomic mass is 10.1. The third-order valence-corrected chi connectivity index (χ3v) is 5.60. The molecule has 27 heavy (non-hydrogen) atoms. The van der Waals surface area contributed by atoms with Gasteiger partial charge in [0.15, 0.2) is 5.65 Å². The van der Waals surface area contributed by atoms with Crippen molar-refractivity contribution in [3.8, 4) is 16.3 Å². The van der Waals surface area contributed by atoms with E-state index in [1.54, 1.807) is 29.0 Å². The molecule has 8 heteroatoms. The molecule has 4 aromatic rings. The van der Waals surface area contributed by atoms with Gasteiger partial charge in [-0.25, -0.2) is 9.50 Å². The van der Waals surface area contributed by atoms with Crippen molar-refractivity contribution in [2.45, 2.75) is 13.0 Å². The van der Waals surface area contributed by atoms with Crippen LogP contribution in [0.3, 0.4) is 0 Å². The predicted octanol–water partition coefficient (Wildman–Crippen LogP) is 4.35. The molecule has 3 aromatic heterocycles. The second-order valence-corrected chi connectivity index (χ2v) is 7.35. The van der Waals surface area contributed by atoms with Gasteiger partial charge in [0.05, 0.1) is 11.1 Å². The maximum absolute atomic E-state index is 11.9. The van der Waals surface area contributed by atoms with E-state index >= 15 is 0 Å². The summed E-state index contributed by atoms with van der Waals surface area (Å²) in [5, 5.41) is 4.91. The SMILES string of the molecule is CC(Oc1cc(-c2cnc3cccnn23)sc1C(N)=O)c1ccccc1Cl. The van der Waals surface area contributed by atoms with E-state index in [1.165, 1.54) is 11.3 Å². The molecule has 6 nitrogen and oxygen atoms in total. The van der Waals surface area contributed by atoms with Gasteiger partial charge in [-0.2, -0.15) is 5.10 Å². The van der Waals surface area contributed by atoms with Crippen molar-refractivity contribution in [1.82, 2.24) is 14.6 Å². The number of hydrogen-bond acceptors (Lipinski definition) is 5. The number of amides is 1. The van der Waals surface area contributed by atoms with E-state index in [0.29, 0.717) is 21.3 Å². The molecule has 0 saturated carbocycles. The number of nitrogens with two attached hydrogens (primary N) is 1. The zero-order valence-corrected chi connectivity index (χ0v) is 15.9. The van der Waals surface area contributed by atoms with Crippen molar-refractivity contribution in [1.29, 1.82) is 0 Å². The number of thiophene rings is 1. The van der Waals surface area contributed by atoms with Gasteiger partial charge in [-0.05, 0) is 25.1 Å². The van der Waals surface area contributed by atoms with Crippen LogP contribution in [-0.2, 0) is 0 Å². The lowest BCUT2D eigenvalue weighted by Gasteiger charge is -2.16. The number of primary amides is 1. The molecule has 1 unspecified atom stereocenters. The van der Waals surface area contributed by atoms with Gasteiger partial charge in [0.25, 0.3) is 5.91 Å². The van der Waals surface area contributed by atoms with Crippen LogP contribution in [0.5, 0.6) is 5.75 Å². The summed E-state index contributed by atoms with van der Waals surface area (Å²) in [4.78, 5) is 17.4. The average molecular weight is 399 g/mol. The number of ether oxygens (including phenoxy) is 1. The Morgan fingerprint density at radius 1 is 1.30 bits per heavy atom. The van der Waals surface area contributed by atoms with Crippen LogP contribution in [0.1, 0.15) is 28.3 Å². The fourth-order valence-electron chi connectivity index (χ4n) is 2.82. The summed E-state index contributed by atoms with van der Waals surface area (Å²) in [5.41, 5.74) is 7.88. The summed E-state index contributed by atoms with van der Waals surface area (Å²) < 4.78 is 7.75. The molecule has 1 amide bonds. The Kier molecular flexibility index (Phi) is 4.55. The smallest absolute Gasteiger partial charge is 0.262 e. The second-order valence-electron chi connectivity index (χ2n) is 5.89. The summed E-state index contributed by atoms with van der Waals surface area (Å²) in [6.07, 6.45) is 3.04. The highest BCUT2D eigenvalue weighted by Gasteiger charge is 2.21. The summed E-state index contributed by atoms with van der Waals surface area (Å²) >= 11 is 7.50. The zero-order chi connectivity index (χ0) is 19.0. The fourth-order valence-corrected chi connectivity index (χ4v) is 4.04. The first-order valence-corrected chi connectivity index (χ1v) is 9.38. The summed E-state index contributed by atoms with van der Waals surface area (Å²) in [5.74, 6) is -0.129. The van der Waals surface area contributed by atoms with Crippen LogP contribution in [-0.4, -0.2) is 20.5 Å². The molecule has 0 bridgehead atoms. The minimum atomic E-state index is -0.547. The topological polar surface area (TPSA) is 82.5 Å². The number of halogens is 1. The first kappa shape index (κ1) is 17.5. The molecule has 0 radical (unpaired) electrons. The van der Waals surface area contributed by atoms with E-state index in [1.807, 2.05) is 37.3 Å². The lowest BCUT2D eigenvalue weighted by Crippen LogP contribution is -2.12. The van der Waals surface area contributed by atoms with Crippen molar-refractivity contribution in [3.05, 3.63) is 70.3 Å².